The van der Waals surface area contributed by atoms with Gasteiger partial charge in [-0.1, -0.05) is 12.1 Å². The van der Waals surface area contributed by atoms with E-state index in [0.29, 0.717) is 5.56 Å². The van der Waals surface area contributed by atoms with E-state index in [1.54, 1.807) is 13.0 Å². The van der Waals surface area contributed by atoms with Crippen LogP contribution >= 0.6 is 0 Å². The summed E-state index contributed by atoms with van der Waals surface area (Å²) in [6, 6.07) is 4.19. The molecule has 0 radical (unpaired) electrons. The minimum atomic E-state index is -1.14. The molecule has 0 unspecified atom stereocenters. The standard InChI is InChI=1S/C11H12N2O5/c1-6-4-3-5-8(13(16)17)9(6)11(15)18-7(2)10(12)14/h3-5,7H,1-2H3,(H2,12,14)/t7-/m1/s1. The second kappa shape index (κ2) is 5.26. The monoisotopic (exact) mass is 252 g/mol. The molecule has 0 aliphatic heterocycles. The average molecular weight is 252 g/mol. The van der Waals surface area contributed by atoms with Gasteiger partial charge in [0, 0.05) is 6.07 Å². The first-order chi connectivity index (χ1) is 8.34. The molecule has 0 aliphatic rings. The van der Waals surface area contributed by atoms with Crippen molar-refractivity contribution >= 4 is 17.6 Å². The van der Waals surface area contributed by atoms with Gasteiger partial charge in [-0.2, -0.15) is 0 Å². The molecule has 1 rings (SSSR count). The summed E-state index contributed by atoms with van der Waals surface area (Å²) in [4.78, 5) is 32.7. The van der Waals surface area contributed by atoms with Crippen LogP contribution in [0.3, 0.4) is 0 Å². The van der Waals surface area contributed by atoms with Crippen molar-refractivity contribution in [3.05, 3.63) is 39.4 Å². The summed E-state index contributed by atoms with van der Waals surface area (Å²) < 4.78 is 4.75. The molecule has 1 atom stereocenters. The predicted octanol–water partition coefficient (Wildman–Crippen LogP) is 0.934. The molecule has 0 bridgehead atoms. The second-order valence-electron chi connectivity index (χ2n) is 3.68. The lowest BCUT2D eigenvalue weighted by atomic mass is 10.1. The predicted molar refractivity (Wildman–Crippen MR) is 61.9 cm³/mol. The number of nitro benzene ring substituents is 1. The lowest BCUT2D eigenvalue weighted by Crippen LogP contribution is -2.30. The van der Waals surface area contributed by atoms with Crippen molar-refractivity contribution in [1.29, 1.82) is 0 Å². The van der Waals surface area contributed by atoms with Crippen molar-refractivity contribution in [3.8, 4) is 0 Å². The highest BCUT2D eigenvalue weighted by Gasteiger charge is 2.26. The fraction of sp³-hybridized carbons (Fsp3) is 0.273. The Morgan fingerprint density at radius 2 is 2.06 bits per heavy atom. The third-order valence-corrected chi connectivity index (χ3v) is 2.34. The topological polar surface area (TPSA) is 113 Å². The summed E-state index contributed by atoms with van der Waals surface area (Å²) in [5.74, 6) is -1.76. The molecule has 7 heteroatoms. The highest BCUT2D eigenvalue weighted by atomic mass is 16.6. The van der Waals surface area contributed by atoms with Gasteiger partial charge in [0.1, 0.15) is 5.56 Å². The van der Waals surface area contributed by atoms with Gasteiger partial charge in [-0.15, -0.1) is 0 Å². The normalized spacial score (nSPS) is 11.7. The van der Waals surface area contributed by atoms with Crippen LogP contribution in [-0.4, -0.2) is 22.9 Å². The fourth-order valence-electron chi connectivity index (χ4n) is 1.35. The van der Waals surface area contributed by atoms with Gasteiger partial charge in [0.15, 0.2) is 6.10 Å². The summed E-state index contributed by atoms with van der Waals surface area (Å²) in [7, 11) is 0. The van der Waals surface area contributed by atoms with Crippen molar-refractivity contribution in [1.82, 2.24) is 0 Å². The Balaban J connectivity index is 3.12. The molecule has 0 aromatic heterocycles. The Hall–Kier alpha value is -2.44. The van der Waals surface area contributed by atoms with E-state index in [1.165, 1.54) is 19.1 Å². The number of esters is 1. The molecule has 1 aromatic rings. The van der Waals surface area contributed by atoms with E-state index in [0.717, 1.165) is 0 Å². The number of nitro groups is 1. The second-order valence-corrected chi connectivity index (χ2v) is 3.68. The van der Waals surface area contributed by atoms with E-state index < -0.39 is 22.9 Å². The van der Waals surface area contributed by atoms with E-state index in [9.17, 15) is 19.7 Å². The SMILES string of the molecule is Cc1cccc([N+](=O)[O-])c1C(=O)O[C@H](C)C(N)=O. The zero-order valence-electron chi connectivity index (χ0n) is 9.88. The maximum absolute atomic E-state index is 11.8. The molecular formula is C11H12N2O5. The Morgan fingerprint density at radius 1 is 1.44 bits per heavy atom. The number of carbonyl (C=O) groups excluding carboxylic acids is 2. The van der Waals surface area contributed by atoms with Crippen LogP contribution in [-0.2, 0) is 9.53 Å². The Labute approximate surface area is 103 Å². The summed E-state index contributed by atoms with van der Waals surface area (Å²) in [6.45, 7) is 2.84. The Morgan fingerprint density at radius 3 is 2.56 bits per heavy atom. The van der Waals surface area contributed by atoms with E-state index in [4.69, 9.17) is 10.5 Å². The van der Waals surface area contributed by atoms with Crippen LogP contribution in [0.2, 0.25) is 0 Å². The molecule has 0 fully saturated rings. The number of amides is 1. The number of nitrogens with zero attached hydrogens (tertiary/aromatic N) is 1. The van der Waals surface area contributed by atoms with Gasteiger partial charge in [0.25, 0.3) is 11.6 Å². The number of ether oxygens (including phenoxy) is 1. The summed E-state index contributed by atoms with van der Waals surface area (Å²) >= 11 is 0. The van der Waals surface area contributed by atoms with Crippen LogP contribution in [0.15, 0.2) is 18.2 Å². The zero-order valence-corrected chi connectivity index (χ0v) is 9.88. The van der Waals surface area contributed by atoms with Crippen molar-refractivity contribution < 1.29 is 19.2 Å². The number of primary amides is 1. The molecule has 0 saturated carbocycles. The van der Waals surface area contributed by atoms with E-state index in [-0.39, 0.29) is 11.3 Å². The fourth-order valence-corrected chi connectivity index (χ4v) is 1.35. The van der Waals surface area contributed by atoms with Gasteiger partial charge in [-0.3, -0.25) is 14.9 Å². The summed E-state index contributed by atoms with van der Waals surface area (Å²) in [5, 5.41) is 10.8. The highest BCUT2D eigenvalue weighted by molar-refractivity contribution is 5.97. The molecular weight excluding hydrogens is 240 g/mol. The van der Waals surface area contributed by atoms with Crippen molar-refractivity contribution in [2.45, 2.75) is 20.0 Å². The van der Waals surface area contributed by atoms with Gasteiger partial charge in [0.2, 0.25) is 0 Å². The van der Waals surface area contributed by atoms with Crippen LogP contribution in [0.25, 0.3) is 0 Å². The Bertz CT molecular complexity index is 512. The minimum absolute atomic E-state index is 0.171. The number of aryl methyl sites for hydroxylation is 1. The number of hydrogen-bond acceptors (Lipinski definition) is 5. The lowest BCUT2D eigenvalue weighted by Gasteiger charge is -2.11. The molecule has 0 spiro atoms. The van der Waals surface area contributed by atoms with E-state index >= 15 is 0 Å². The van der Waals surface area contributed by atoms with Gasteiger partial charge in [0.05, 0.1) is 4.92 Å². The van der Waals surface area contributed by atoms with Gasteiger partial charge < -0.3 is 10.5 Å². The first-order valence-electron chi connectivity index (χ1n) is 5.09. The molecule has 1 aromatic carbocycles. The molecule has 1 amide bonds. The quantitative estimate of drug-likeness (QED) is 0.486. The first-order valence-corrected chi connectivity index (χ1v) is 5.09. The number of hydrogen-bond donors (Lipinski definition) is 1. The third kappa shape index (κ3) is 2.82. The Kier molecular flexibility index (Phi) is 3.98. The van der Waals surface area contributed by atoms with Crippen molar-refractivity contribution in [3.63, 3.8) is 0 Å². The molecule has 0 heterocycles. The number of benzene rings is 1. The third-order valence-electron chi connectivity index (χ3n) is 2.34. The van der Waals surface area contributed by atoms with Crippen LogP contribution in [0.1, 0.15) is 22.8 Å². The number of rotatable bonds is 4. The smallest absolute Gasteiger partial charge is 0.346 e. The minimum Gasteiger partial charge on any atom is -0.449 e. The number of nitrogens with two attached hydrogens (primary N) is 1. The molecule has 2 N–H and O–H groups in total. The van der Waals surface area contributed by atoms with Crippen molar-refractivity contribution in [2.24, 2.45) is 5.73 Å². The molecule has 7 nitrogen and oxygen atoms in total. The van der Waals surface area contributed by atoms with E-state index in [1.807, 2.05) is 0 Å². The van der Waals surface area contributed by atoms with Crippen LogP contribution in [0, 0.1) is 17.0 Å². The first kappa shape index (κ1) is 13.6. The van der Waals surface area contributed by atoms with Crippen LogP contribution < -0.4 is 5.73 Å². The summed E-state index contributed by atoms with van der Waals surface area (Å²) in [6.07, 6.45) is -1.14. The summed E-state index contributed by atoms with van der Waals surface area (Å²) in [5.41, 5.74) is 4.81. The largest absolute Gasteiger partial charge is 0.449 e. The van der Waals surface area contributed by atoms with Gasteiger partial charge >= 0.3 is 5.97 Å². The lowest BCUT2D eigenvalue weighted by molar-refractivity contribution is -0.385. The molecule has 96 valence electrons. The van der Waals surface area contributed by atoms with Crippen LogP contribution in [0.4, 0.5) is 5.69 Å². The average Bonchev–Trinajstić information content (AvgIpc) is 2.27. The maximum atomic E-state index is 11.8. The van der Waals surface area contributed by atoms with Gasteiger partial charge in [-0.05, 0) is 19.4 Å². The van der Waals surface area contributed by atoms with Gasteiger partial charge in [-0.25, -0.2) is 4.79 Å². The zero-order chi connectivity index (χ0) is 13.9. The number of carbonyl (C=O) groups is 2. The van der Waals surface area contributed by atoms with Crippen LogP contribution in [0.5, 0.6) is 0 Å². The van der Waals surface area contributed by atoms with E-state index in [2.05, 4.69) is 0 Å². The highest BCUT2D eigenvalue weighted by Crippen LogP contribution is 2.23. The molecule has 18 heavy (non-hydrogen) atoms. The molecule has 0 aliphatic carbocycles. The maximum Gasteiger partial charge on any atom is 0.346 e. The van der Waals surface area contributed by atoms with Crippen molar-refractivity contribution in [2.75, 3.05) is 0 Å². The molecule has 0 saturated heterocycles.